The van der Waals surface area contributed by atoms with Gasteiger partial charge in [0.2, 0.25) is 15.9 Å². The topological polar surface area (TPSA) is 110 Å². The Bertz CT molecular complexity index is 1020. The van der Waals surface area contributed by atoms with Gasteiger partial charge in [0.05, 0.1) is 27.6 Å². The number of hydrogen-bond acceptors (Lipinski definition) is 5. The van der Waals surface area contributed by atoms with Gasteiger partial charge in [0.15, 0.2) is 0 Å². The molecule has 0 aliphatic heterocycles. The molecule has 0 bridgehead atoms. The highest BCUT2D eigenvalue weighted by atomic mass is 32.2. The third-order valence-electron chi connectivity index (χ3n) is 3.85. The van der Waals surface area contributed by atoms with Gasteiger partial charge in [0.25, 0.3) is 5.69 Å². The van der Waals surface area contributed by atoms with Gasteiger partial charge in [-0.25, -0.2) is 8.42 Å². The summed E-state index contributed by atoms with van der Waals surface area (Å²) >= 11 is 0. The van der Waals surface area contributed by atoms with Crippen molar-refractivity contribution in [3.8, 4) is 0 Å². The Balaban J connectivity index is 2.25. The molecule has 0 saturated heterocycles. The van der Waals surface area contributed by atoms with Crippen LogP contribution < -0.4 is 5.32 Å². The van der Waals surface area contributed by atoms with Crippen LogP contribution in [0.25, 0.3) is 0 Å². The van der Waals surface area contributed by atoms with Crippen molar-refractivity contribution in [2.75, 3.05) is 18.4 Å². The molecule has 0 radical (unpaired) electrons. The van der Waals surface area contributed by atoms with Gasteiger partial charge in [-0.05, 0) is 18.2 Å². The summed E-state index contributed by atoms with van der Waals surface area (Å²) in [5.41, 5.74) is -2.03. The van der Waals surface area contributed by atoms with Crippen LogP contribution in [-0.4, -0.2) is 36.6 Å². The summed E-state index contributed by atoms with van der Waals surface area (Å²) in [6.07, 6.45) is -4.70. The first kappa shape index (κ1) is 22.3. The lowest BCUT2D eigenvalue weighted by molar-refractivity contribution is -0.385. The van der Waals surface area contributed by atoms with Crippen LogP contribution in [-0.2, 0) is 21.0 Å². The van der Waals surface area contributed by atoms with Gasteiger partial charge >= 0.3 is 6.18 Å². The van der Waals surface area contributed by atoms with Crippen LogP contribution >= 0.6 is 0 Å². The van der Waals surface area contributed by atoms with Crippen LogP contribution in [0.2, 0.25) is 0 Å². The second-order valence-electron chi connectivity index (χ2n) is 5.78. The van der Waals surface area contributed by atoms with E-state index < -0.39 is 55.4 Å². The molecule has 12 heteroatoms. The molecule has 156 valence electrons. The van der Waals surface area contributed by atoms with Crippen molar-refractivity contribution in [1.29, 1.82) is 0 Å². The van der Waals surface area contributed by atoms with E-state index in [0.717, 1.165) is 36.4 Å². The molecule has 29 heavy (non-hydrogen) atoms. The summed E-state index contributed by atoms with van der Waals surface area (Å²) in [5.74, 6) is -0.988. The number of sulfonamides is 1. The second-order valence-corrected chi connectivity index (χ2v) is 7.72. The molecule has 0 aromatic heterocycles. The molecular formula is C17H16F3N3O5S. The zero-order valence-corrected chi connectivity index (χ0v) is 15.8. The maximum absolute atomic E-state index is 13.0. The maximum atomic E-state index is 13.0. The number of hydrogen-bond donors (Lipinski definition) is 1. The number of halogens is 3. The lowest BCUT2D eigenvalue weighted by Gasteiger charge is -2.20. The van der Waals surface area contributed by atoms with Gasteiger partial charge in [0.1, 0.15) is 0 Å². The summed E-state index contributed by atoms with van der Waals surface area (Å²) in [7, 11) is -4.29. The van der Waals surface area contributed by atoms with Gasteiger partial charge in [-0.15, -0.1) is 0 Å². The van der Waals surface area contributed by atoms with E-state index in [-0.39, 0.29) is 6.54 Å². The van der Waals surface area contributed by atoms with Crippen LogP contribution in [0, 0.1) is 10.1 Å². The number of nitrogens with one attached hydrogen (secondary N) is 1. The predicted molar refractivity (Wildman–Crippen MR) is 97.6 cm³/mol. The molecule has 0 saturated carbocycles. The van der Waals surface area contributed by atoms with E-state index in [4.69, 9.17) is 0 Å². The first-order valence-electron chi connectivity index (χ1n) is 8.17. The Hall–Kier alpha value is -2.99. The molecule has 0 fully saturated rings. The molecule has 0 heterocycles. The predicted octanol–water partition coefficient (Wildman–Crippen LogP) is 3.26. The summed E-state index contributed by atoms with van der Waals surface area (Å²) in [6, 6.07) is 8.54. The van der Waals surface area contributed by atoms with E-state index in [9.17, 15) is 36.5 Å². The van der Waals surface area contributed by atoms with Crippen molar-refractivity contribution < 1.29 is 31.3 Å². The fourth-order valence-electron chi connectivity index (χ4n) is 2.46. The highest BCUT2D eigenvalue weighted by Crippen LogP contribution is 2.34. The minimum absolute atomic E-state index is 0.181. The van der Waals surface area contributed by atoms with E-state index in [0.29, 0.717) is 4.31 Å². The molecule has 1 amide bonds. The zero-order valence-electron chi connectivity index (χ0n) is 15.0. The van der Waals surface area contributed by atoms with Crippen LogP contribution in [0.4, 0.5) is 24.5 Å². The van der Waals surface area contributed by atoms with Gasteiger partial charge in [-0.3, -0.25) is 14.9 Å². The molecule has 0 unspecified atom stereocenters. The molecule has 2 aromatic rings. The fraction of sp³-hybridized carbons (Fsp3) is 0.235. The number of para-hydroxylation sites is 1. The largest absolute Gasteiger partial charge is 0.418 e. The number of benzene rings is 2. The normalized spacial score (nSPS) is 12.0. The highest BCUT2D eigenvalue weighted by Gasteiger charge is 2.34. The first-order valence-corrected chi connectivity index (χ1v) is 9.61. The van der Waals surface area contributed by atoms with Crippen molar-refractivity contribution in [3.63, 3.8) is 0 Å². The second kappa shape index (κ2) is 8.57. The SMILES string of the molecule is CCN(CC(=O)Nc1ccccc1C(F)(F)F)S(=O)(=O)c1cccc([N+](=O)[O-])c1. The number of amides is 1. The van der Waals surface area contributed by atoms with Crippen LogP contribution in [0.3, 0.4) is 0 Å². The van der Waals surface area contributed by atoms with Crippen molar-refractivity contribution in [2.45, 2.75) is 18.0 Å². The molecule has 0 aliphatic carbocycles. The van der Waals surface area contributed by atoms with Crippen LogP contribution in [0.15, 0.2) is 53.4 Å². The number of carbonyl (C=O) groups excluding carboxylic acids is 1. The number of anilines is 1. The Labute approximate surface area is 164 Å². The third kappa shape index (κ3) is 5.29. The maximum Gasteiger partial charge on any atom is 0.418 e. The summed E-state index contributed by atoms with van der Waals surface area (Å²) in [6.45, 7) is 0.471. The molecule has 0 atom stereocenters. The summed E-state index contributed by atoms with van der Waals surface area (Å²) < 4.78 is 65.2. The van der Waals surface area contributed by atoms with Crippen molar-refractivity contribution in [1.82, 2.24) is 4.31 Å². The van der Waals surface area contributed by atoms with E-state index in [1.54, 1.807) is 0 Å². The molecular weight excluding hydrogens is 415 g/mol. The molecule has 2 aromatic carbocycles. The number of alkyl halides is 3. The number of non-ortho nitro benzene ring substituents is 1. The minimum Gasteiger partial charge on any atom is -0.324 e. The highest BCUT2D eigenvalue weighted by molar-refractivity contribution is 7.89. The summed E-state index contributed by atoms with van der Waals surface area (Å²) in [5, 5.41) is 12.9. The van der Waals surface area contributed by atoms with Crippen molar-refractivity contribution in [2.24, 2.45) is 0 Å². The first-order chi connectivity index (χ1) is 13.5. The summed E-state index contributed by atoms with van der Waals surface area (Å²) in [4.78, 5) is 21.9. The van der Waals surface area contributed by atoms with Gasteiger partial charge in [-0.2, -0.15) is 17.5 Å². The van der Waals surface area contributed by atoms with Crippen LogP contribution in [0.1, 0.15) is 12.5 Å². The monoisotopic (exact) mass is 431 g/mol. The van der Waals surface area contributed by atoms with Crippen molar-refractivity contribution >= 4 is 27.3 Å². The van der Waals surface area contributed by atoms with E-state index >= 15 is 0 Å². The number of carbonyl (C=O) groups is 1. The zero-order chi connectivity index (χ0) is 21.8. The van der Waals surface area contributed by atoms with Gasteiger partial charge in [-0.1, -0.05) is 25.1 Å². The molecule has 0 aliphatic rings. The standard InChI is InChI=1S/C17H16F3N3O5S/c1-2-22(29(27,28)13-7-5-6-12(10-13)23(25)26)11-16(24)21-15-9-4-3-8-14(15)17(18,19)20/h3-10H,2,11H2,1H3,(H,21,24). The molecule has 8 nitrogen and oxygen atoms in total. The molecule has 0 spiro atoms. The van der Waals surface area contributed by atoms with E-state index in [2.05, 4.69) is 5.32 Å². The lowest BCUT2D eigenvalue weighted by Crippen LogP contribution is -2.38. The average Bonchev–Trinajstić information content (AvgIpc) is 2.65. The Morgan fingerprint density at radius 2 is 1.83 bits per heavy atom. The van der Waals surface area contributed by atoms with Crippen molar-refractivity contribution in [3.05, 3.63) is 64.2 Å². The molecule has 2 rings (SSSR count). The van der Waals surface area contributed by atoms with Gasteiger partial charge in [0, 0.05) is 18.7 Å². The minimum atomic E-state index is -4.70. The number of nitro benzene ring substituents is 1. The third-order valence-corrected chi connectivity index (χ3v) is 5.76. The average molecular weight is 431 g/mol. The van der Waals surface area contributed by atoms with Crippen LogP contribution in [0.5, 0.6) is 0 Å². The molecule has 1 N–H and O–H groups in total. The van der Waals surface area contributed by atoms with E-state index in [1.165, 1.54) is 19.1 Å². The number of rotatable bonds is 7. The smallest absolute Gasteiger partial charge is 0.324 e. The Kier molecular flexibility index (Phi) is 6.59. The number of nitrogens with zero attached hydrogens (tertiary/aromatic N) is 2. The lowest BCUT2D eigenvalue weighted by atomic mass is 10.1. The Morgan fingerprint density at radius 3 is 2.41 bits per heavy atom. The Morgan fingerprint density at radius 1 is 1.17 bits per heavy atom. The number of nitro groups is 1. The van der Waals surface area contributed by atoms with E-state index in [1.807, 2.05) is 0 Å². The number of likely N-dealkylation sites (N-methyl/N-ethyl adjacent to an activating group) is 1. The fourth-order valence-corrected chi connectivity index (χ4v) is 3.91. The quantitative estimate of drug-likeness (QED) is 0.535. The van der Waals surface area contributed by atoms with Gasteiger partial charge < -0.3 is 5.32 Å².